The Labute approximate surface area is 197 Å². The summed E-state index contributed by atoms with van der Waals surface area (Å²) >= 11 is 0. The molecule has 8 heteroatoms. The van der Waals surface area contributed by atoms with Gasteiger partial charge in [0.1, 0.15) is 11.5 Å². The van der Waals surface area contributed by atoms with E-state index in [0.717, 1.165) is 6.26 Å². The Hall–Kier alpha value is -3.78. The predicted molar refractivity (Wildman–Crippen MR) is 131 cm³/mol. The number of carbonyl (C=O) groups excluding carboxylic acids is 1. The topological polar surface area (TPSA) is 76.6 Å². The average Bonchev–Trinajstić information content (AvgIpc) is 2.81. The molecule has 6 nitrogen and oxygen atoms in total. The summed E-state index contributed by atoms with van der Waals surface area (Å²) in [6.07, 6.45) is 1.56. The van der Waals surface area contributed by atoms with E-state index >= 15 is 0 Å². The van der Waals surface area contributed by atoms with Crippen LogP contribution in [0.2, 0.25) is 0 Å². The predicted octanol–water partition coefficient (Wildman–Crippen LogP) is 5.44. The number of hydrogen-bond acceptors (Lipinski definition) is 5. The number of rotatable bonds is 7. The van der Waals surface area contributed by atoms with Crippen LogP contribution in [0.5, 0.6) is 5.75 Å². The van der Waals surface area contributed by atoms with Crippen molar-refractivity contribution in [3.8, 4) is 17.0 Å². The van der Waals surface area contributed by atoms with E-state index in [4.69, 9.17) is 4.18 Å². The fourth-order valence-electron chi connectivity index (χ4n) is 3.79. The van der Waals surface area contributed by atoms with Crippen molar-refractivity contribution in [1.29, 1.82) is 0 Å². The summed E-state index contributed by atoms with van der Waals surface area (Å²) < 4.78 is 44.0. The largest absolute Gasteiger partial charge is 0.379 e. The highest BCUT2D eigenvalue weighted by Gasteiger charge is 2.29. The summed E-state index contributed by atoms with van der Waals surface area (Å²) in [5.74, 6) is -1.20. The lowest BCUT2D eigenvalue weighted by Crippen LogP contribution is -2.32. The second-order valence-corrected chi connectivity index (χ2v) is 9.35. The molecule has 4 rings (SSSR count). The normalized spacial score (nSPS) is 11.4. The van der Waals surface area contributed by atoms with E-state index in [2.05, 4.69) is 4.98 Å². The third-order valence-electron chi connectivity index (χ3n) is 5.15. The minimum absolute atomic E-state index is 0.0487. The standard InChI is InChI=1S/C26H23FN2O4S/c1-3-16-29(20-12-5-4-6-13-20)26(30)23-21-14-7-8-15-22(21)28-24(25(23)33-34(2,31)32)18-10-9-11-19(27)17-18/h4-15,17H,3,16H2,1-2H3. The van der Waals surface area contributed by atoms with Gasteiger partial charge in [-0.3, -0.25) is 4.79 Å². The second kappa shape index (κ2) is 9.61. The first-order valence-corrected chi connectivity index (χ1v) is 12.5. The SMILES string of the molecule is CCCN(C(=O)c1c(OS(C)(=O)=O)c(-c2cccc(F)c2)nc2ccccc12)c1ccccc1. The molecule has 174 valence electrons. The fraction of sp³-hybridized carbons (Fsp3) is 0.154. The van der Waals surface area contributed by atoms with Crippen LogP contribution in [0.15, 0.2) is 78.9 Å². The van der Waals surface area contributed by atoms with Gasteiger partial charge in [-0.2, -0.15) is 8.42 Å². The summed E-state index contributed by atoms with van der Waals surface area (Å²) in [5, 5.41) is 0.434. The smallest absolute Gasteiger partial charge is 0.306 e. The third kappa shape index (κ3) is 4.92. The van der Waals surface area contributed by atoms with Gasteiger partial charge in [0.05, 0.1) is 17.3 Å². The maximum Gasteiger partial charge on any atom is 0.306 e. The van der Waals surface area contributed by atoms with Gasteiger partial charge in [0.2, 0.25) is 0 Å². The first-order valence-electron chi connectivity index (χ1n) is 10.7. The molecule has 0 aliphatic rings. The van der Waals surface area contributed by atoms with Crippen LogP contribution in [0.1, 0.15) is 23.7 Å². The Bertz CT molecular complexity index is 1460. The Morgan fingerprint density at radius 1 is 1.00 bits per heavy atom. The first kappa shape index (κ1) is 23.4. The van der Waals surface area contributed by atoms with Crippen molar-refractivity contribution in [3.05, 3.63) is 90.2 Å². The molecule has 0 unspecified atom stereocenters. The summed E-state index contributed by atoms with van der Waals surface area (Å²) in [6.45, 7) is 2.34. The third-order valence-corrected chi connectivity index (χ3v) is 5.62. The van der Waals surface area contributed by atoms with Crippen molar-refractivity contribution in [1.82, 2.24) is 4.98 Å². The lowest BCUT2D eigenvalue weighted by atomic mass is 10.0. The van der Waals surface area contributed by atoms with Gasteiger partial charge in [0.25, 0.3) is 5.91 Å². The zero-order valence-electron chi connectivity index (χ0n) is 18.7. The molecule has 1 aromatic heterocycles. The van der Waals surface area contributed by atoms with E-state index in [-0.39, 0.29) is 17.0 Å². The van der Waals surface area contributed by atoms with Crippen LogP contribution in [0.3, 0.4) is 0 Å². The Morgan fingerprint density at radius 2 is 1.71 bits per heavy atom. The van der Waals surface area contributed by atoms with Crippen LogP contribution in [0.4, 0.5) is 10.1 Å². The van der Waals surface area contributed by atoms with Crippen LogP contribution in [0, 0.1) is 5.82 Å². The van der Waals surface area contributed by atoms with E-state index < -0.39 is 21.8 Å². The van der Waals surface area contributed by atoms with Gasteiger partial charge >= 0.3 is 10.1 Å². The van der Waals surface area contributed by atoms with Gasteiger partial charge in [-0.1, -0.05) is 55.5 Å². The van der Waals surface area contributed by atoms with Gasteiger partial charge in [-0.15, -0.1) is 0 Å². The number of hydrogen-bond donors (Lipinski definition) is 0. The Kier molecular flexibility index (Phi) is 6.61. The number of nitrogens with zero attached hydrogens (tertiary/aromatic N) is 2. The summed E-state index contributed by atoms with van der Waals surface area (Å²) in [4.78, 5) is 20.2. The van der Waals surface area contributed by atoms with Gasteiger partial charge < -0.3 is 9.08 Å². The zero-order chi connectivity index (χ0) is 24.3. The molecule has 0 saturated carbocycles. The monoisotopic (exact) mass is 478 g/mol. The number of para-hydroxylation sites is 2. The van der Waals surface area contributed by atoms with Gasteiger partial charge in [-0.25, -0.2) is 9.37 Å². The number of carbonyl (C=O) groups is 1. The molecular formula is C26H23FN2O4S. The van der Waals surface area contributed by atoms with Crippen molar-refractivity contribution in [2.45, 2.75) is 13.3 Å². The van der Waals surface area contributed by atoms with Crippen LogP contribution < -0.4 is 9.08 Å². The molecule has 1 amide bonds. The number of aromatic nitrogens is 1. The van der Waals surface area contributed by atoms with E-state index in [9.17, 15) is 17.6 Å². The lowest BCUT2D eigenvalue weighted by Gasteiger charge is -2.25. The average molecular weight is 479 g/mol. The first-order chi connectivity index (χ1) is 16.3. The summed E-state index contributed by atoms with van der Waals surface area (Å²) in [6, 6.07) is 21.6. The molecule has 1 heterocycles. The van der Waals surface area contributed by atoms with Crippen molar-refractivity contribution in [3.63, 3.8) is 0 Å². The summed E-state index contributed by atoms with van der Waals surface area (Å²) in [5.41, 5.74) is 1.52. The molecule has 0 aliphatic carbocycles. The molecule has 0 spiro atoms. The number of benzene rings is 3. The number of fused-ring (bicyclic) bond motifs is 1. The highest BCUT2D eigenvalue weighted by Crippen LogP contribution is 2.38. The zero-order valence-corrected chi connectivity index (χ0v) is 19.5. The molecular weight excluding hydrogens is 455 g/mol. The van der Waals surface area contributed by atoms with Crippen LogP contribution in [0.25, 0.3) is 22.2 Å². The van der Waals surface area contributed by atoms with Crippen molar-refractivity contribution in [2.24, 2.45) is 0 Å². The molecule has 34 heavy (non-hydrogen) atoms. The van der Waals surface area contributed by atoms with E-state index in [0.29, 0.717) is 35.1 Å². The van der Waals surface area contributed by atoms with Crippen LogP contribution in [-0.2, 0) is 10.1 Å². The molecule has 0 aliphatic heterocycles. The van der Waals surface area contributed by atoms with Gasteiger partial charge in [0.15, 0.2) is 5.75 Å². The molecule has 3 aromatic carbocycles. The number of amides is 1. The number of halogens is 1. The molecule has 0 saturated heterocycles. The molecule has 0 fully saturated rings. The molecule has 0 N–H and O–H groups in total. The van der Waals surface area contributed by atoms with Crippen LogP contribution in [-0.4, -0.2) is 32.1 Å². The lowest BCUT2D eigenvalue weighted by molar-refractivity contribution is 0.0987. The van der Waals surface area contributed by atoms with E-state index in [1.807, 2.05) is 37.3 Å². The fourth-order valence-corrected chi connectivity index (χ4v) is 4.25. The van der Waals surface area contributed by atoms with E-state index in [1.165, 1.54) is 18.2 Å². The van der Waals surface area contributed by atoms with Gasteiger partial charge in [-0.05, 0) is 36.8 Å². The van der Waals surface area contributed by atoms with Crippen molar-refractivity contribution < 1.29 is 21.8 Å². The maximum atomic E-state index is 14.1. The Balaban J connectivity index is 2.06. The van der Waals surface area contributed by atoms with Crippen LogP contribution >= 0.6 is 0 Å². The van der Waals surface area contributed by atoms with Gasteiger partial charge in [0, 0.05) is 23.2 Å². The van der Waals surface area contributed by atoms with Crippen molar-refractivity contribution >= 4 is 32.6 Å². The molecule has 0 atom stereocenters. The Morgan fingerprint density at radius 3 is 2.38 bits per heavy atom. The number of pyridine rings is 1. The van der Waals surface area contributed by atoms with Crippen molar-refractivity contribution in [2.75, 3.05) is 17.7 Å². The maximum absolute atomic E-state index is 14.1. The minimum Gasteiger partial charge on any atom is -0.379 e. The molecule has 0 radical (unpaired) electrons. The number of anilines is 1. The van der Waals surface area contributed by atoms with E-state index in [1.54, 1.807) is 35.2 Å². The minimum atomic E-state index is -4.05. The molecule has 4 aromatic rings. The summed E-state index contributed by atoms with van der Waals surface area (Å²) in [7, 11) is -4.05. The highest BCUT2D eigenvalue weighted by molar-refractivity contribution is 7.86. The quantitative estimate of drug-likeness (QED) is 0.331. The second-order valence-electron chi connectivity index (χ2n) is 7.77. The molecule has 0 bridgehead atoms. The highest BCUT2D eigenvalue weighted by atomic mass is 32.2.